The minimum atomic E-state index is -0.419. The van der Waals surface area contributed by atoms with Gasteiger partial charge < -0.3 is 4.74 Å². The molecule has 2 unspecified atom stereocenters. The molecule has 19 heavy (non-hydrogen) atoms. The largest absolute Gasteiger partial charge is 0.465 e. The third-order valence-corrected chi connectivity index (χ3v) is 4.78. The predicted octanol–water partition coefficient (Wildman–Crippen LogP) is 3.70. The lowest BCUT2D eigenvalue weighted by Gasteiger charge is -2.22. The second-order valence-electron chi connectivity index (χ2n) is 5.94. The van der Waals surface area contributed by atoms with Crippen LogP contribution in [0.25, 0.3) is 0 Å². The van der Waals surface area contributed by atoms with Gasteiger partial charge in [0.25, 0.3) is 0 Å². The van der Waals surface area contributed by atoms with E-state index in [-0.39, 0.29) is 5.97 Å². The van der Waals surface area contributed by atoms with Gasteiger partial charge in [-0.2, -0.15) is 0 Å². The molecule has 0 amide bonds. The first-order valence-corrected chi connectivity index (χ1v) is 7.12. The first-order chi connectivity index (χ1) is 8.87. The van der Waals surface area contributed by atoms with Crippen molar-refractivity contribution in [1.29, 1.82) is 0 Å². The zero-order chi connectivity index (χ0) is 14.4. The van der Waals surface area contributed by atoms with Crippen LogP contribution >= 0.6 is 0 Å². The Labute approximate surface area is 116 Å². The van der Waals surface area contributed by atoms with Crippen molar-refractivity contribution in [3.63, 3.8) is 0 Å². The van der Waals surface area contributed by atoms with Gasteiger partial charge in [0.1, 0.15) is 0 Å². The van der Waals surface area contributed by atoms with Gasteiger partial charge in [0, 0.05) is 0 Å². The average Bonchev–Trinajstić information content (AvgIpc) is 2.82. The molecule has 0 heterocycles. The molecular weight excluding hydrogens is 236 g/mol. The monoisotopic (exact) mass is 260 g/mol. The molecule has 0 bridgehead atoms. The zero-order valence-electron chi connectivity index (χ0n) is 12.8. The molecule has 0 N–H and O–H groups in total. The highest BCUT2D eigenvalue weighted by Crippen LogP contribution is 2.61. The van der Waals surface area contributed by atoms with E-state index in [0.29, 0.717) is 18.4 Å². The lowest BCUT2D eigenvalue weighted by Crippen LogP contribution is -2.28. The fourth-order valence-corrected chi connectivity index (χ4v) is 3.79. The number of aryl methyl sites for hydroxylation is 3. The molecule has 1 aliphatic carbocycles. The van der Waals surface area contributed by atoms with Gasteiger partial charge in [-0.25, -0.2) is 0 Å². The molecule has 0 aromatic heterocycles. The first-order valence-electron chi connectivity index (χ1n) is 7.12. The SMILES string of the molecule is CCOC(=O)C1(c2c(C)cc(C)cc2C)C(C)[C@H]1C. The van der Waals surface area contributed by atoms with Crippen molar-refractivity contribution in [1.82, 2.24) is 0 Å². The standard InChI is InChI=1S/C17H24O2/c1-7-19-16(18)17(13(5)14(17)6)15-11(3)8-10(2)9-12(15)4/h8-9,13-14H,7H2,1-6H3/t13-,14?,17?/m1/s1. The van der Waals surface area contributed by atoms with Crippen LogP contribution in [-0.2, 0) is 14.9 Å². The highest BCUT2D eigenvalue weighted by Gasteiger charge is 2.67. The smallest absolute Gasteiger partial charge is 0.317 e. The second-order valence-corrected chi connectivity index (χ2v) is 5.94. The van der Waals surface area contributed by atoms with Crippen molar-refractivity contribution in [3.8, 4) is 0 Å². The van der Waals surface area contributed by atoms with Crippen molar-refractivity contribution in [2.75, 3.05) is 6.61 Å². The van der Waals surface area contributed by atoms with E-state index in [1.165, 1.54) is 22.3 Å². The summed E-state index contributed by atoms with van der Waals surface area (Å²) in [4.78, 5) is 12.5. The molecule has 2 nitrogen and oxygen atoms in total. The number of ether oxygens (including phenoxy) is 1. The van der Waals surface area contributed by atoms with Crippen molar-refractivity contribution in [3.05, 3.63) is 34.4 Å². The van der Waals surface area contributed by atoms with Crippen LogP contribution in [0.1, 0.15) is 43.0 Å². The van der Waals surface area contributed by atoms with Crippen molar-refractivity contribution >= 4 is 5.97 Å². The summed E-state index contributed by atoms with van der Waals surface area (Å²) >= 11 is 0. The summed E-state index contributed by atoms with van der Waals surface area (Å²) in [5.41, 5.74) is 4.44. The third-order valence-electron chi connectivity index (χ3n) is 4.78. The molecule has 1 fully saturated rings. The molecule has 2 rings (SSSR count). The highest BCUT2D eigenvalue weighted by molar-refractivity contribution is 5.89. The van der Waals surface area contributed by atoms with Crippen LogP contribution in [0.3, 0.4) is 0 Å². The summed E-state index contributed by atoms with van der Waals surface area (Å²) in [5, 5.41) is 0. The molecule has 104 valence electrons. The molecule has 0 radical (unpaired) electrons. The third kappa shape index (κ3) is 1.89. The van der Waals surface area contributed by atoms with Gasteiger partial charge in [0.15, 0.2) is 0 Å². The van der Waals surface area contributed by atoms with Crippen molar-refractivity contribution < 1.29 is 9.53 Å². The van der Waals surface area contributed by atoms with Gasteiger partial charge in [-0.1, -0.05) is 31.5 Å². The molecule has 0 spiro atoms. The molecule has 1 saturated carbocycles. The number of esters is 1. The Balaban J connectivity index is 2.57. The second kappa shape index (κ2) is 4.66. The van der Waals surface area contributed by atoms with Gasteiger partial charge in [0.05, 0.1) is 12.0 Å². The molecule has 0 saturated heterocycles. The maximum absolute atomic E-state index is 12.5. The van der Waals surface area contributed by atoms with E-state index in [4.69, 9.17) is 4.74 Å². The van der Waals surface area contributed by atoms with Gasteiger partial charge in [-0.3, -0.25) is 4.79 Å². The fourth-order valence-electron chi connectivity index (χ4n) is 3.79. The van der Waals surface area contributed by atoms with Gasteiger partial charge in [-0.15, -0.1) is 0 Å². The topological polar surface area (TPSA) is 26.3 Å². The number of benzene rings is 1. The van der Waals surface area contributed by atoms with E-state index >= 15 is 0 Å². The summed E-state index contributed by atoms with van der Waals surface area (Å²) in [5.74, 6) is 0.656. The Bertz CT molecular complexity index is 485. The number of hydrogen-bond acceptors (Lipinski definition) is 2. The molecule has 2 heteroatoms. The maximum Gasteiger partial charge on any atom is 0.317 e. The van der Waals surface area contributed by atoms with Crippen LogP contribution < -0.4 is 0 Å². The first kappa shape index (κ1) is 14.1. The van der Waals surface area contributed by atoms with Crippen LogP contribution in [-0.4, -0.2) is 12.6 Å². The summed E-state index contributed by atoms with van der Waals surface area (Å²) in [6.45, 7) is 12.9. The molecule has 0 aliphatic heterocycles. The quantitative estimate of drug-likeness (QED) is 0.775. The lowest BCUT2D eigenvalue weighted by atomic mass is 9.84. The van der Waals surface area contributed by atoms with E-state index in [1.807, 2.05) is 6.92 Å². The highest BCUT2D eigenvalue weighted by atomic mass is 16.5. The molecule has 1 aromatic carbocycles. The van der Waals surface area contributed by atoms with Crippen LogP contribution in [0, 0.1) is 32.6 Å². The normalized spacial score (nSPS) is 29.2. The molecule has 1 aromatic rings. The van der Waals surface area contributed by atoms with Gasteiger partial charge >= 0.3 is 5.97 Å². The minimum Gasteiger partial charge on any atom is -0.465 e. The Morgan fingerprint density at radius 1 is 1.16 bits per heavy atom. The zero-order valence-corrected chi connectivity index (χ0v) is 12.8. The van der Waals surface area contributed by atoms with Gasteiger partial charge in [0.2, 0.25) is 0 Å². The Morgan fingerprint density at radius 2 is 1.63 bits per heavy atom. The predicted molar refractivity (Wildman–Crippen MR) is 77.3 cm³/mol. The summed E-state index contributed by atoms with van der Waals surface area (Å²) < 4.78 is 5.37. The maximum atomic E-state index is 12.5. The van der Waals surface area contributed by atoms with E-state index in [2.05, 4.69) is 46.8 Å². The van der Waals surface area contributed by atoms with Gasteiger partial charge in [-0.05, 0) is 56.2 Å². The van der Waals surface area contributed by atoms with Crippen LogP contribution in [0.15, 0.2) is 12.1 Å². The van der Waals surface area contributed by atoms with Crippen LogP contribution in [0.4, 0.5) is 0 Å². The van der Waals surface area contributed by atoms with E-state index in [0.717, 1.165) is 0 Å². The van der Waals surface area contributed by atoms with Crippen molar-refractivity contribution in [2.24, 2.45) is 11.8 Å². The van der Waals surface area contributed by atoms with Crippen LogP contribution in [0.5, 0.6) is 0 Å². The Morgan fingerprint density at radius 3 is 2.00 bits per heavy atom. The summed E-state index contributed by atoms with van der Waals surface area (Å²) in [6, 6.07) is 4.34. The summed E-state index contributed by atoms with van der Waals surface area (Å²) in [7, 11) is 0. The lowest BCUT2D eigenvalue weighted by molar-refractivity contribution is -0.147. The average molecular weight is 260 g/mol. The molecule has 3 atom stereocenters. The molecular formula is C17H24O2. The van der Waals surface area contributed by atoms with Crippen LogP contribution in [0.2, 0.25) is 0 Å². The van der Waals surface area contributed by atoms with E-state index < -0.39 is 5.41 Å². The Kier molecular flexibility index (Phi) is 3.46. The van der Waals surface area contributed by atoms with E-state index in [1.54, 1.807) is 0 Å². The summed E-state index contributed by atoms with van der Waals surface area (Å²) in [6.07, 6.45) is 0. The molecule has 1 aliphatic rings. The fraction of sp³-hybridized carbons (Fsp3) is 0.588. The number of rotatable bonds is 3. The Hall–Kier alpha value is -1.31. The van der Waals surface area contributed by atoms with E-state index in [9.17, 15) is 4.79 Å². The minimum absolute atomic E-state index is 0.0509. The number of carbonyl (C=O) groups is 1. The number of hydrogen-bond donors (Lipinski definition) is 0. The number of carbonyl (C=O) groups excluding carboxylic acids is 1. The van der Waals surface area contributed by atoms with Crippen molar-refractivity contribution in [2.45, 2.75) is 47.0 Å².